The van der Waals surface area contributed by atoms with Gasteiger partial charge in [0.05, 0.1) is 4.47 Å². The van der Waals surface area contributed by atoms with E-state index in [4.69, 9.17) is 0 Å². The van der Waals surface area contributed by atoms with Crippen molar-refractivity contribution in [2.45, 2.75) is 26.3 Å². The number of hydrogen-bond acceptors (Lipinski definition) is 3. The third kappa shape index (κ3) is 4.28. The van der Waals surface area contributed by atoms with Gasteiger partial charge >= 0.3 is 0 Å². The molecular formula is C11H16BrN3O. The molecule has 0 spiro atoms. The Labute approximate surface area is 104 Å². The van der Waals surface area contributed by atoms with Gasteiger partial charge < -0.3 is 10.6 Å². The number of aromatic nitrogens is 1. The molecule has 4 nitrogen and oxygen atoms in total. The molecule has 1 atom stereocenters. The summed E-state index contributed by atoms with van der Waals surface area (Å²) in [6.45, 7) is 4.86. The summed E-state index contributed by atoms with van der Waals surface area (Å²) >= 11 is 3.33. The minimum absolute atomic E-state index is 0.0344. The lowest BCUT2D eigenvalue weighted by atomic mass is 10.2. The summed E-state index contributed by atoms with van der Waals surface area (Å²) in [5.74, 6) is 0.532. The molecule has 88 valence electrons. The first kappa shape index (κ1) is 13.1. The van der Waals surface area contributed by atoms with Gasteiger partial charge in [-0.15, -0.1) is 0 Å². The second kappa shape index (κ2) is 6.60. The molecule has 0 radical (unpaired) electrons. The van der Waals surface area contributed by atoms with Gasteiger partial charge in [-0.2, -0.15) is 0 Å². The van der Waals surface area contributed by atoms with E-state index in [1.165, 1.54) is 0 Å². The number of rotatable bonds is 5. The molecule has 0 fully saturated rings. The van der Waals surface area contributed by atoms with E-state index in [0.717, 1.165) is 11.0 Å². The first-order chi connectivity index (χ1) is 7.63. The number of carbonyl (C=O) groups excluding carboxylic acids is 1. The molecule has 0 bridgehead atoms. The van der Waals surface area contributed by atoms with Crippen molar-refractivity contribution >= 4 is 27.7 Å². The lowest BCUT2D eigenvalue weighted by molar-refractivity contribution is -0.116. The van der Waals surface area contributed by atoms with Crippen LogP contribution in [0.3, 0.4) is 0 Å². The van der Waals surface area contributed by atoms with Crippen molar-refractivity contribution in [2.24, 2.45) is 0 Å². The second-order valence-corrected chi connectivity index (χ2v) is 4.40. The highest BCUT2D eigenvalue weighted by molar-refractivity contribution is 9.10. The van der Waals surface area contributed by atoms with Gasteiger partial charge in [0.2, 0.25) is 5.91 Å². The fraction of sp³-hybridized carbons (Fsp3) is 0.455. The van der Waals surface area contributed by atoms with Crippen LogP contribution in [0.15, 0.2) is 22.8 Å². The molecule has 1 heterocycles. The van der Waals surface area contributed by atoms with Crippen molar-refractivity contribution in [2.75, 3.05) is 11.9 Å². The normalized spacial score (nSPS) is 12.2. The second-order valence-electron chi connectivity index (χ2n) is 3.54. The van der Waals surface area contributed by atoms with Crippen LogP contribution in [0.5, 0.6) is 0 Å². The molecule has 1 rings (SSSR count). The van der Waals surface area contributed by atoms with E-state index in [0.29, 0.717) is 12.2 Å². The number of nitrogens with one attached hydrogen (secondary N) is 2. The first-order valence-electron chi connectivity index (χ1n) is 5.27. The van der Waals surface area contributed by atoms with Gasteiger partial charge in [0, 0.05) is 18.7 Å². The molecule has 0 saturated carbocycles. The predicted molar refractivity (Wildman–Crippen MR) is 68.3 cm³/mol. The van der Waals surface area contributed by atoms with E-state index in [1.54, 1.807) is 12.3 Å². The quantitative estimate of drug-likeness (QED) is 0.872. The molecule has 2 N–H and O–H groups in total. The van der Waals surface area contributed by atoms with E-state index in [9.17, 15) is 4.79 Å². The zero-order valence-electron chi connectivity index (χ0n) is 9.46. The third-order valence-corrected chi connectivity index (χ3v) is 2.70. The van der Waals surface area contributed by atoms with E-state index >= 15 is 0 Å². The Morgan fingerprint density at radius 1 is 1.62 bits per heavy atom. The molecule has 0 saturated heterocycles. The van der Waals surface area contributed by atoms with Crippen LogP contribution in [0.1, 0.15) is 20.3 Å². The van der Waals surface area contributed by atoms with Gasteiger partial charge in [-0.05, 0) is 41.5 Å². The number of pyridine rings is 1. The Hall–Kier alpha value is -0.940. The highest BCUT2D eigenvalue weighted by atomic mass is 79.9. The minimum Gasteiger partial charge on any atom is -0.314 e. The van der Waals surface area contributed by atoms with Crippen LogP contribution in [0.2, 0.25) is 0 Å². The fourth-order valence-corrected chi connectivity index (χ4v) is 1.71. The van der Waals surface area contributed by atoms with Crippen LogP contribution >= 0.6 is 15.9 Å². The fourth-order valence-electron chi connectivity index (χ4n) is 1.36. The van der Waals surface area contributed by atoms with Crippen molar-refractivity contribution in [3.63, 3.8) is 0 Å². The molecule has 0 aliphatic carbocycles. The number of anilines is 1. The minimum atomic E-state index is -0.0344. The molecule has 0 aliphatic rings. The number of halogens is 1. The Balaban J connectivity index is 2.49. The summed E-state index contributed by atoms with van der Waals surface area (Å²) < 4.78 is 0.791. The molecule has 5 heteroatoms. The Bertz CT molecular complexity index is 357. The van der Waals surface area contributed by atoms with Gasteiger partial charge in [-0.3, -0.25) is 4.79 Å². The van der Waals surface area contributed by atoms with Crippen LogP contribution in [-0.4, -0.2) is 23.5 Å². The number of nitrogens with zero attached hydrogens (tertiary/aromatic N) is 1. The summed E-state index contributed by atoms with van der Waals surface area (Å²) in [6, 6.07) is 3.82. The maximum Gasteiger partial charge on any atom is 0.227 e. The van der Waals surface area contributed by atoms with E-state index in [1.807, 2.05) is 19.9 Å². The van der Waals surface area contributed by atoms with Gasteiger partial charge in [-0.25, -0.2) is 4.98 Å². The highest BCUT2D eigenvalue weighted by Crippen LogP contribution is 2.18. The van der Waals surface area contributed by atoms with Crippen LogP contribution in [0, 0.1) is 0 Å². The molecule has 1 aromatic heterocycles. The molecule has 1 aromatic rings. The zero-order chi connectivity index (χ0) is 12.0. The van der Waals surface area contributed by atoms with Gasteiger partial charge in [0.25, 0.3) is 0 Å². The summed E-state index contributed by atoms with van der Waals surface area (Å²) in [5.41, 5.74) is 0. The molecule has 1 amide bonds. The van der Waals surface area contributed by atoms with Gasteiger partial charge in [0.1, 0.15) is 5.82 Å². The summed E-state index contributed by atoms with van der Waals surface area (Å²) in [4.78, 5) is 15.7. The molecule has 0 aromatic carbocycles. The largest absolute Gasteiger partial charge is 0.314 e. The summed E-state index contributed by atoms with van der Waals surface area (Å²) in [5, 5.41) is 5.95. The first-order valence-corrected chi connectivity index (χ1v) is 6.06. The molecule has 16 heavy (non-hydrogen) atoms. The zero-order valence-corrected chi connectivity index (χ0v) is 11.0. The number of amides is 1. The van der Waals surface area contributed by atoms with E-state index < -0.39 is 0 Å². The highest BCUT2D eigenvalue weighted by Gasteiger charge is 2.09. The van der Waals surface area contributed by atoms with Gasteiger partial charge in [0.15, 0.2) is 0 Å². The Morgan fingerprint density at radius 3 is 3.00 bits per heavy atom. The third-order valence-electron chi connectivity index (χ3n) is 2.06. The van der Waals surface area contributed by atoms with Crippen LogP contribution in [0.25, 0.3) is 0 Å². The van der Waals surface area contributed by atoms with Crippen molar-refractivity contribution in [1.29, 1.82) is 0 Å². The van der Waals surface area contributed by atoms with Crippen LogP contribution < -0.4 is 10.6 Å². The van der Waals surface area contributed by atoms with Crippen LogP contribution in [-0.2, 0) is 4.79 Å². The SMILES string of the molecule is CCNC(C)CC(=O)Nc1ncccc1Br. The number of hydrogen-bond donors (Lipinski definition) is 2. The predicted octanol–water partition coefficient (Wildman–Crippen LogP) is 2.17. The number of carbonyl (C=O) groups is 1. The summed E-state index contributed by atoms with van der Waals surface area (Å²) in [6.07, 6.45) is 2.09. The topological polar surface area (TPSA) is 54.0 Å². The summed E-state index contributed by atoms with van der Waals surface area (Å²) in [7, 11) is 0. The van der Waals surface area contributed by atoms with Crippen molar-refractivity contribution in [3.05, 3.63) is 22.8 Å². The standard InChI is InChI=1S/C11H16BrN3O/c1-3-13-8(2)7-10(16)15-11-9(12)5-4-6-14-11/h4-6,8,13H,3,7H2,1-2H3,(H,14,15,16). The van der Waals surface area contributed by atoms with Gasteiger partial charge in [-0.1, -0.05) is 6.92 Å². The maximum absolute atomic E-state index is 11.6. The Morgan fingerprint density at radius 2 is 2.38 bits per heavy atom. The Kier molecular flexibility index (Phi) is 5.42. The van der Waals surface area contributed by atoms with Crippen LogP contribution in [0.4, 0.5) is 5.82 Å². The van der Waals surface area contributed by atoms with E-state index in [-0.39, 0.29) is 11.9 Å². The lowest BCUT2D eigenvalue weighted by Gasteiger charge is -2.12. The average molecular weight is 286 g/mol. The lowest BCUT2D eigenvalue weighted by Crippen LogP contribution is -2.30. The molecule has 1 unspecified atom stereocenters. The maximum atomic E-state index is 11.6. The molecule has 0 aliphatic heterocycles. The monoisotopic (exact) mass is 285 g/mol. The smallest absolute Gasteiger partial charge is 0.227 e. The molecular weight excluding hydrogens is 270 g/mol. The van der Waals surface area contributed by atoms with Crippen molar-refractivity contribution in [3.8, 4) is 0 Å². The van der Waals surface area contributed by atoms with E-state index in [2.05, 4.69) is 31.5 Å². The van der Waals surface area contributed by atoms with Crippen molar-refractivity contribution < 1.29 is 4.79 Å². The average Bonchev–Trinajstić information content (AvgIpc) is 2.21. The van der Waals surface area contributed by atoms with Crippen molar-refractivity contribution in [1.82, 2.24) is 10.3 Å².